The Morgan fingerprint density at radius 2 is 0.826 bits per heavy atom. The standard InChI is InChI=1S/C21H44O2/c1-3-4-5-6-7-8-9-10-11-12-13-14-15-16-17-18-19-21(23)20(2)22/h20-23H,3-19H2,1-2H3. The summed E-state index contributed by atoms with van der Waals surface area (Å²) in [6.07, 6.45) is 21.5. The van der Waals surface area contributed by atoms with Gasteiger partial charge in [-0.05, 0) is 13.3 Å². The van der Waals surface area contributed by atoms with Crippen molar-refractivity contribution in [2.75, 3.05) is 0 Å². The minimum absolute atomic E-state index is 0.526. The summed E-state index contributed by atoms with van der Waals surface area (Å²) in [6.45, 7) is 3.94. The second-order valence-electron chi connectivity index (χ2n) is 7.40. The zero-order chi connectivity index (χ0) is 17.2. The van der Waals surface area contributed by atoms with Crippen molar-refractivity contribution in [3.63, 3.8) is 0 Å². The Morgan fingerprint density at radius 3 is 1.13 bits per heavy atom. The van der Waals surface area contributed by atoms with E-state index in [1.165, 1.54) is 96.3 Å². The van der Waals surface area contributed by atoms with E-state index in [1.807, 2.05) is 0 Å². The molecule has 0 heterocycles. The Hall–Kier alpha value is -0.0800. The summed E-state index contributed by atoms with van der Waals surface area (Å²) < 4.78 is 0. The summed E-state index contributed by atoms with van der Waals surface area (Å²) in [5.74, 6) is 0. The van der Waals surface area contributed by atoms with Crippen molar-refractivity contribution in [1.29, 1.82) is 0 Å². The fourth-order valence-electron chi connectivity index (χ4n) is 3.14. The molecule has 0 spiro atoms. The largest absolute Gasteiger partial charge is 0.391 e. The number of hydrogen-bond donors (Lipinski definition) is 2. The summed E-state index contributed by atoms with van der Waals surface area (Å²) in [6, 6.07) is 0. The first kappa shape index (κ1) is 22.9. The minimum Gasteiger partial charge on any atom is -0.391 e. The van der Waals surface area contributed by atoms with E-state index in [2.05, 4.69) is 6.92 Å². The first-order chi connectivity index (χ1) is 11.2. The van der Waals surface area contributed by atoms with Crippen LogP contribution in [0.3, 0.4) is 0 Å². The maximum absolute atomic E-state index is 9.49. The van der Waals surface area contributed by atoms with E-state index < -0.39 is 12.2 Å². The van der Waals surface area contributed by atoms with E-state index in [0.717, 1.165) is 12.8 Å². The van der Waals surface area contributed by atoms with Crippen molar-refractivity contribution in [2.45, 2.75) is 135 Å². The molecular formula is C21H44O2. The molecule has 0 saturated heterocycles. The van der Waals surface area contributed by atoms with Crippen LogP contribution >= 0.6 is 0 Å². The molecule has 0 rings (SSSR count). The highest BCUT2D eigenvalue weighted by Gasteiger charge is 2.09. The van der Waals surface area contributed by atoms with Crippen LogP contribution in [-0.4, -0.2) is 22.4 Å². The van der Waals surface area contributed by atoms with Crippen LogP contribution in [0, 0.1) is 0 Å². The molecule has 0 aliphatic carbocycles. The predicted octanol–water partition coefficient (Wildman–Crippen LogP) is 6.38. The van der Waals surface area contributed by atoms with Gasteiger partial charge >= 0.3 is 0 Å². The van der Waals surface area contributed by atoms with Crippen molar-refractivity contribution in [3.05, 3.63) is 0 Å². The molecule has 0 aliphatic heterocycles. The van der Waals surface area contributed by atoms with Gasteiger partial charge in [-0.1, -0.05) is 110 Å². The summed E-state index contributed by atoms with van der Waals surface area (Å²) in [5.41, 5.74) is 0. The molecule has 2 atom stereocenters. The predicted molar refractivity (Wildman–Crippen MR) is 102 cm³/mol. The molecule has 23 heavy (non-hydrogen) atoms. The lowest BCUT2D eigenvalue weighted by Crippen LogP contribution is -2.21. The van der Waals surface area contributed by atoms with Gasteiger partial charge in [0.2, 0.25) is 0 Å². The van der Waals surface area contributed by atoms with Gasteiger partial charge in [0.1, 0.15) is 0 Å². The zero-order valence-electron chi connectivity index (χ0n) is 16.1. The Bertz CT molecular complexity index is 216. The van der Waals surface area contributed by atoms with Crippen LogP contribution < -0.4 is 0 Å². The summed E-state index contributed by atoms with van der Waals surface area (Å²) in [5, 5.41) is 18.7. The third kappa shape index (κ3) is 18.1. The highest BCUT2D eigenvalue weighted by Crippen LogP contribution is 2.14. The van der Waals surface area contributed by atoms with Gasteiger partial charge in [0.25, 0.3) is 0 Å². The molecule has 2 nitrogen and oxygen atoms in total. The first-order valence-corrected chi connectivity index (χ1v) is 10.5. The van der Waals surface area contributed by atoms with E-state index in [0.29, 0.717) is 0 Å². The van der Waals surface area contributed by atoms with Gasteiger partial charge in [0, 0.05) is 0 Å². The van der Waals surface area contributed by atoms with Gasteiger partial charge in [-0.2, -0.15) is 0 Å². The first-order valence-electron chi connectivity index (χ1n) is 10.5. The van der Waals surface area contributed by atoms with E-state index in [-0.39, 0.29) is 0 Å². The van der Waals surface area contributed by atoms with Crippen molar-refractivity contribution >= 4 is 0 Å². The van der Waals surface area contributed by atoms with Gasteiger partial charge in [-0.3, -0.25) is 0 Å². The number of hydrogen-bond acceptors (Lipinski definition) is 2. The van der Waals surface area contributed by atoms with E-state index in [1.54, 1.807) is 6.92 Å². The van der Waals surface area contributed by atoms with Crippen LogP contribution in [0.1, 0.15) is 123 Å². The lowest BCUT2D eigenvalue weighted by Gasteiger charge is -2.12. The molecule has 0 aromatic rings. The van der Waals surface area contributed by atoms with Gasteiger partial charge in [-0.25, -0.2) is 0 Å². The zero-order valence-corrected chi connectivity index (χ0v) is 16.1. The molecule has 0 aliphatic rings. The number of unbranched alkanes of at least 4 members (excludes halogenated alkanes) is 15. The summed E-state index contributed by atoms with van der Waals surface area (Å²) in [4.78, 5) is 0. The second kappa shape index (κ2) is 18.3. The topological polar surface area (TPSA) is 40.5 Å². The number of rotatable bonds is 18. The maximum Gasteiger partial charge on any atom is 0.0796 e. The lowest BCUT2D eigenvalue weighted by molar-refractivity contribution is 0.0247. The molecule has 2 N–H and O–H groups in total. The van der Waals surface area contributed by atoms with Crippen molar-refractivity contribution in [1.82, 2.24) is 0 Å². The third-order valence-corrected chi connectivity index (χ3v) is 4.91. The molecule has 2 unspecified atom stereocenters. The van der Waals surface area contributed by atoms with Crippen molar-refractivity contribution in [2.24, 2.45) is 0 Å². The van der Waals surface area contributed by atoms with Crippen LogP contribution in [0.2, 0.25) is 0 Å². The average Bonchev–Trinajstić information content (AvgIpc) is 2.54. The SMILES string of the molecule is CCCCCCCCCCCCCCCCCCC(O)C(C)O. The van der Waals surface area contributed by atoms with E-state index >= 15 is 0 Å². The molecule has 0 aromatic heterocycles. The van der Waals surface area contributed by atoms with Gasteiger partial charge < -0.3 is 10.2 Å². The lowest BCUT2D eigenvalue weighted by atomic mass is 10.0. The smallest absolute Gasteiger partial charge is 0.0796 e. The molecule has 0 bridgehead atoms. The highest BCUT2D eigenvalue weighted by atomic mass is 16.3. The fourth-order valence-corrected chi connectivity index (χ4v) is 3.14. The van der Waals surface area contributed by atoms with Crippen molar-refractivity contribution in [3.8, 4) is 0 Å². The minimum atomic E-state index is -0.577. The summed E-state index contributed by atoms with van der Waals surface area (Å²) in [7, 11) is 0. The average molecular weight is 329 g/mol. The van der Waals surface area contributed by atoms with Crippen LogP contribution in [-0.2, 0) is 0 Å². The van der Waals surface area contributed by atoms with Crippen LogP contribution in [0.15, 0.2) is 0 Å². The number of aliphatic hydroxyl groups excluding tert-OH is 2. The Kier molecular flexibility index (Phi) is 18.2. The molecule has 0 amide bonds. The maximum atomic E-state index is 9.49. The Morgan fingerprint density at radius 1 is 0.522 bits per heavy atom. The van der Waals surface area contributed by atoms with E-state index in [4.69, 9.17) is 0 Å². The molecule has 0 saturated carbocycles. The molecule has 0 radical (unpaired) electrons. The summed E-state index contributed by atoms with van der Waals surface area (Å²) >= 11 is 0. The van der Waals surface area contributed by atoms with Gasteiger partial charge in [0.05, 0.1) is 12.2 Å². The Balaban J connectivity index is 3.03. The molecule has 2 heteroatoms. The van der Waals surface area contributed by atoms with Gasteiger partial charge in [-0.15, -0.1) is 0 Å². The fraction of sp³-hybridized carbons (Fsp3) is 1.00. The Labute approximate surface area is 146 Å². The van der Waals surface area contributed by atoms with E-state index in [9.17, 15) is 10.2 Å². The molecule has 140 valence electrons. The highest BCUT2D eigenvalue weighted by molar-refractivity contribution is 4.61. The second-order valence-corrected chi connectivity index (χ2v) is 7.40. The molecular weight excluding hydrogens is 284 g/mol. The molecule has 0 fully saturated rings. The quantitative estimate of drug-likeness (QED) is 0.287. The number of aliphatic hydroxyl groups is 2. The van der Waals surface area contributed by atoms with Gasteiger partial charge in [0.15, 0.2) is 0 Å². The normalized spacial score (nSPS) is 14.1. The van der Waals surface area contributed by atoms with Crippen LogP contribution in [0.25, 0.3) is 0 Å². The molecule has 0 aromatic carbocycles. The van der Waals surface area contributed by atoms with Crippen LogP contribution in [0.4, 0.5) is 0 Å². The third-order valence-electron chi connectivity index (χ3n) is 4.91. The van der Waals surface area contributed by atoms with Crippen LogP contribution in [0.5, 0.6) is 0 Å². The monoisotopic (exact) mass is 328 g/mol. The van der Waals surface area contributed by atoms with Crippen molar-refractivity contribution < 1.29 is 10.2 Å².